The van der Waals surface area contributed by atoms with Gasteiger partial charge >= 0.3 is 5.97 Å². The molecule has 0 aliphatic carbocycles. The number of carbonyl (C=O) groups is 1. The Kier molecular flexibility index (Phi) is 10.7. The Bertz CT molecular complexity index is 173. The molecule has 0 bridgehead atoms. The molecule has 0 aromatic carbocycles. The van der Waals surface area contributed by atoms with Crippen molar-refractivity contribution in [2.24, 2.45) is 0 Å². The summed E-state index contributed by atoms with van der Waals surface area (Å²) in [5, 5.41) is 0. The Hall–Kier alpha value is -0.790. The highest BCUT2D eigenvalue weighted by Gasteiger charge is 1.90. The third-order valence-corrected chi connectivity index (χ3v) is 2.21. The molecule has 0 heterocycles. The molecule has 0 spiro atoms. The van der Waals surface area contributed by atoms with Crippen molar-refractivity contribution in [3.63, 3.8) is 0 Å². The van der Waals surface area contributed by atoms with E-state index in [1.807, 2.05) is 0 Å². The lowest BCUT2D eigenvalue weighted by Gasteiger charge is -1.98. The third kappa shape index (κ3) is 13.2. The van der Waals surface area contributed by atoms with Crippen LogP contribution >= 0.6 is 0 Å². The quantitative estimate of drug-likeness (QED) is 0.329. The molecule has 0 unspecified atom stereocenters. The van der Waals surface area contributed by atoms with Crippen molar-refractivity contribution in [2.75, 3.05) is 6.61 Å². The first kappa shape index (κ1) is 14.2. The second-order valence-corrected chi connectivity index (χ2v) is 3.80. The summed E-state index contributed by atoms with van der Waals surface area (Å²) in [6.07, 6.45) is 12.9. The predicted molar refractivity (Wildman–Crippen MR) is 63.8 cm³/mol. The number of rotatable bonds is 9. The number of hydrogen-bond acceptors (Lipinski definition) is 2. The zero-order valence-corrected chi connectivity index (χ0v) is 10.1. The van der Waals surface area contributed by atoms with Crippen LogP contribution in [0.2, 0.25) is 0 Å². The fourth-order valence-electron chi connectivity index (χ4n) is 1.34. The van der Waals surface area contributed by atoms with Crippen LogP contribution in [-0.4, -0.2) is 12.6 Å². The minimum absolute atomic E-state index is 0.182. The lowest BCUT2D eigenvalue weighted by Crippen LogP contribution is -1.99. The summed E-state index contributed by atoms with van der Waals surface area (Å²) in [6.45, 7) is 4.23. The van der Waals surface area contributed by atoms with Crippen LogP contribution in [0.25, 0.3) is 0 Å². The van der Waals surface area contributed by atoms with E-state index in [0.29, 0.717) is 6.61 Å². The molecular formula is C13H24O2. The van der Waals surface area contributed by atoms with Gasteiger partial charge in [-0.1, -0.05) is 38.3 Å². The molecule has 0 fully saturated rings. The topological polar surface area (TPSA) is 26.3 Å². The Labute approximate surface area is 93.7 Å². The summed E-state index contributed by atoms with van der Waals surface area (Å²) in [6, 6.07) is 0. The van der Waals surface area contributed by atoms with Crippen molar-refractivity contribution in [1.82, 2.24) is 0 Å². The first-order valence-corrected chi connectivity index (χ1v) is 6.05. The van der Waals surface area contributed by atoms with Gasteiger partial charge in [0.15, 0.2) is 0 Å². The largest absolute Gasteiger partial charge is 0.466 e. The SMILES string of the molecule is CCCCCCC=CCCCOC(C)=O. The van der Waals surface area contributed by atoms with E-state index in [2.05, 4.69) is 19.1 Å². The fraction of sp³-hybridized carbons (Fsp3) is 0.769. The van der Waals surface area contributed by atoms with E-state index >= 15 is 0 Å². The number of unbranched alkanes of at least 4 members (excludes halogenated alkanes) is 5. The molecule has 0 aromatic rings. The first-order valence-electron chi connectivity index (χ1n) is 6.05. The second-order valence-electron chi connectivity index (χ2n) is 3.80. The van der Waals surface area contributed by atoms with Gasteiger partial charge in [-0.2, -0.15) is 0 Å². The van der Waals surface area contributed by atoms with Crippen LogP contribution in [0.5, 0.6) is 0 Å². The number of ether oxygens (including phenoxy) is 1. The number of carbonyl (C=O) groups excluding carboxylic acids is 1. The van der Waals surface area contributed by atoms with Crippen LogP contribution in [0.4, 0.5) is 0 Å². The van der Waals surface area contributed by atoms with E-state index < -0.39 is 0 Å². The van der Waals surface area contributed by atoms with Gasteiger partial charge < -0.3 is 4.74 Å². The zero-order chi connectivity index (χ0) is 11.4. The van der Waals surface area contributed by atoms with Crippen molar-refractivity contribution in [3.8, 4) is 0 Å². The molecular weight excluding hydrogens is 188 g/mol. The molecule has 0 amide bonds. The van der Waals surface area contributed by atoms with Gasteiger partial charge in [-0.05, 0) is 25.7 Å². The van der Waals surface area contributed by atoms with Crippen LogP contribution < -0.4 is 0 Å². The smallest absolute Gasteiger partial charge is 0.302 e. The molecule has 0 rings (SSSR count). The average Bonchev–Trinajstić information content (AvgIpc) is 2.20. The molecule has 15 heavy (non-hydrogen) atoms. The Morgan fingerprint density at radius 2 is 1.73 bits per heavy atom. The molecule has 0 radical (unpaired) electrons. The van der Waals surface area contributed by atoms with E-state index in [1.165, 1.54) is 39.0 Å². The Morgan fingerprint density at radius 3 is 2.33 bits per heavy atom. The lowest BCUT2D eigenvalue weighted by molar-refractivity contribution is -0.141. The maximum absolute atomic E-state index is 10.4. The maximum Gasteiger partial charge on any atom is 0.302 e. The molecule has 0 aromatic heterocycles. The van der Waals surface area contributed by atoms with Gasteiger partial charge in [0.25, 0.3) is 0 Å². The molecule has 2 nitrogen and oxygen atoms in total. The van der Waals surface area contributed by atoms with Crippen LogP contribution in [0, 0.1) is 0 Å². The summed E-state index contributed by atoms with van der Waals surface area (Å²) >= 11 is 0. The van der Waals surface area contributed by atoms with Gasteiger partial charge in [-0.3, -0.25) is 4.79 Å². The van der Waals surface area contributed by atoms with Crippen LogP contribution in [0.1, 0.15) is 58.8 Å². The Morgan fingerprint density at radius 1 is 1.07 bits per heavy atom. The van der Waals surface area contributed by atoms with E-state index in [1.54, 1.807) is 0 Å². The summed E-state index contributed by atoms with van der Waals surface area (Å²) in [7, 11) is 0. The Balaban J connectivity index is 3.07. The summed E-state index contributed by atoms with van der Waals surface area (Å²) < 4.78 is 4.83. The monoisotopic (exact) mass is 212 g/mol. The third-order valence-electron chi connectivity index (χ3n) is 2.21. The zero-order valence-electron chi connectivity index (χ0n) is 10.1. The maximum atomic E-state index is 10.4. The summed E-state index contributed by atoms with van der Waals surface area (Å²) in [5.41, 5.74) is 0. The number of esters is 1. The molecule has 0 saturated carbocycles. The van der Waals surface area contributed by atoms with Crippen molar-refractivity contribution in [1.29, 1.82) is 0 Å². The molecule has 2 heteroatoms. The molecule has 0 atom stereocenters. The predicted octanol–water partition coefficient (Wildman–Crippen LogP) is 3.86. The van der Waals surface area contributed by atoms with Crippen molar-refractivity contribution < 1.29 is 9.53 Å². The highest BCUT2D eigenvalue weighted by Crippen LogP contribution is 2.03. The standard InChI is InChI=1S/C13H24O2/c1-3-4-5-6-7-8-9-10-11-12-15-13(2)14/h8-9H,3-7,10-12H2,1-2H3. The molecule has 0 aliphatic rings. The minimum Gasteiger partial charge on any atom is -0.466 e. The van der Waals surface area contributed by atoms with Crippen molar-refractivity contribution >= 4 is 5.97 Å². The normalized spacial score (nSPS) is 10.8. The average molecular weight is 212 g/mol. The second kappa shape index (κ2) is 11.3. The highest BCUT2D eigenvalue weighted by molar-refractivity contribution is 5.65. The van der Waals surface area contributed by atoms with Crippen LogP contribution in [0.3, 0.4) is 0 Å². The van der Waals surface area contributed by atoms with E-state index in [0.717, 1.165) is 12.8 Å². The highest BCUT2D eigenvalue weighted by atomic mass is 16.5. The van der Waals surface area contributed by atoms with Crippen molar-refractivity contribution in [2.45, 2.75) is 58.8 Å². The van der Waals surface area contributed by atoms with Gasteiger partial charge in [0.1, 0.15) is 0 Å². The lowest BCUT2D eigenvalue weighted by atomic mass is 10.1. The van der Waals surface area contributed by atoms with Gasteiger partial charge in [0.2, 0.25) is 0 Å². The summed E-state index contributed by atoms with van der Waals surface area (Å²) in [5.74, 6) is -0.182. The minimum atomic E-state index is -0.182. The van der Waals surface area contributed by atoms with Crippen LogP contribution in [0.15, 0.2) is 12.2 Å². The van der Waals surface area contributed by atoms with Gasteiger partial charge in [0.05, 0.1) is 6.61 Å². The van der Waals surface area contributed by atoms with Gasteiger partial charge in [0, 0.05) is 6.92 Å². The number of allylic oxidation sites excluding steroid dienone is 2. The van der Waals surface area contributed by atoms with E-state index in [-0.39, 0.29) is 5.97 Å². The number of hydrogen-bond donors (Lipinski definition) is 0. The van der Waals surface area contributed by atoms with Gasteiger partial charge in [-0.15, -0.1) is 0 Å². The van der Waals surface area contributed by atoms with Crippen molar-refractivity contribution in [3.05, 3.63) is 12.2 Å². The van der Waals surface area contributed by atoms with E-state index in [9.17, 15) is 4.79 Å². The molecule has 0 N–H and O–H groups in total. The van der Waals surface area contributed by atoms with E-state index in [4.69, 9.17) is 4.74 Å². The first-order chi connectivity index (χ1) is 7.27. The molecule has 0 saturated heterocycles. The van der Waals surface area contributed by atoms with Crippen LogP contribution in [-0.2, 0) is 9.53 Å². The fourth-order valence-corrected chi connectivity index (χ4v) is 1.34. The van der Waals surface area contributed by atoms with Gasteiger partial charge in [-0.25, -0.2) is 0 Å². The molecule has 0 aliphatic heterocycles. The molecule has 88 valence electrons. The summed E-state index contributed by atoms with van der Waals surface area (Å²) in [4.78, 5) is 10.4.